The fourth-order valence-corrected chi connectivity index (χ4v) is 4.64. The van der Waals surface area contributed by atoms with E-state index in [1.165, 1.54) is 0 Å². The highest BCUT2D eigenvalue weighted by molar-refractivity contribution is 5.95. The average molecular weight is 392 g/mol. The van der Waals surface area contributed by atoms with Crippen LogP contribution in [-0.2, 0) is 14.3 Å². The van der Waals surface area contributed by atoms with Gasteiger partial charge in [-0.05, 0) is 37.8 Å². The number of alkyl halides is 2. The Morgan fingerprint density at radius 3 is 2.50 bits per heavy atom. The molecular formula is C21H26F2N2O3. The van der Waals surface area contributed by atoms with Crippen LogP contribution in [0.15, 0.2) is 30.3 Å². The molecule has 3 aliphatic rings. The van der Waals surface area contributed by atoms with E-state index in [4.69, 9.17) is 4.74 Å². The van der Waals surface area contributed by atoms with Gasteiger partial charge in [-0.25, -0.2) is 8.78 Å². The zero-order valence-electron chi connectivity index (χ0n) is 15.9. The molecular weight excluding hydrogens is 366 g/mol. The summed E-state index contributed by atoms with van der Waals surface area (Å²) in [6.07, 6.45) is 1.61. The minimum Gasteiger partial charge on any atom is -0.361 e. The number of morpholine rings is 1. The van der Waals surface area contributed by atoms with Crippen LogP contribution in [0.25, 0.3) is 0 Å². The molecule has 0 bridgehead atoms. The first-order valence-corrected chi connectivity index (χ1v) is 10.0. The van der Waals surface area contributed by atoms with Gasteiger partial charge in [0.2, 0.25) is 11.8 Å². The summed E-state index contributed by atoms with van der Waals surface area (Å²) in [4.78, 5) is 28.9. The molecule has 2 saturated heterocycles. The number of nitrogens with zero attached hydrogens (tertiary/aromatic N) is 2. The Kier molecular flexibility index (Phi) is 5.12. The standard InChI is InChI=1S/C21H26F2N2O3/c22-21(23)10-7-16(8-11-21)19(27)24-12-4-9-20(14-24)15-25(18(26)13-28-20)17-5-2-1-3-6-17/h1-3,5-6,16H,4,7-15H2. The Balaban J connectivity index is 1.45. The lowest BCUT2D eigenvalue weighted by Gasteiger charge is -2.48. The van der Waals surface area contributed by atoms with Crippen LogP contribution >= 0.6 is 0 Å². The Labute approximate surface area is 163 Å². The molecule has 152 valence electrons. The molecule has 0 aromatic heterocycles. The predicted molar refractivity (Wildman–Crippen MR) is 100 cm³/mol. The summed E-state index contributed by atoms with van der Waals surface area (Å²) in [5.74, 6) is -3.09. The first-order chi connectivity index (χ1) is 13.4. The van der Waals surface area contributed by atoms with Crippen LogP contribution in [0.1, 0.15) is 38.5 Å². The molecule has 1 aromatic carbocycles. The minimum atomic E-state index is -2.64. The molecule has 5 nitrogen and oxygen atoms in total. The topological polar surface area (TPSA) is 49.9 Å². The first kappa shape index (κ1) is 19.3. The Morgan fingerprint density at radius 1 is 1.07 bits per heavy atom. The molecule has 2 heterocycles. The van der Waals surface area contributed by atoms with Gasteiger partial charge in [0.15, 0.2) is 0 Å². The zero-order chi connectivity index (χ0) is 19.8. The molecule has 7 heteroatoms. The number of hydrogen-bond acceptors (Lipinski definition) is 3. The van der Waals surface area contributed by atoms with Gasteiger partial charge in [0.1, 0.15) is 12.2 Å². The molecule has 4 rings (SSSR count). The van der Waals surface area contributed by atoms with E-state index in [0.717, 1.165) is 18.5 Å². The number of benzene rings is 1. The number of carbonyl (C=O) groups is 2. The molecule has 28 heavy (non-hydrogen) atoms. The van der Waals surface area contributed by atoms with E-state index in [9.17, 15) is 18.4 Å². The molecule has 1 aliphatic carbocycles. The molecule has 2 aliphatic heterocycles. The summed E-state index contributed by atoms with van der Waals surface area (Å²) in [5.41, 5.74) is 0.240. The van der Waals surface area contributed by atoms with Crippen LogP contribution in [0.5, 0.6) is 0 Å². The Bertz CT molecular complexity index is 732. The number of piperidine rings is 1. The highest BCUT2D eigenvalue weighted by Gasteiger charge is 2.46. The van der Waals surface area contributed by atoms with Crippen molar-refractivity contribution in [2.24, 2.45) is 5.92 Å². The zero-order valence-corrected chi connectivity index (χ0v) is 15.9. The van der Waals surface area contributed by atoms with E-state index in [1.807, 2.05) is 30.3 Å². The van der Waals surface area contributed by atoms with Crippen LogP contribution in [0, 0.1) is 5.92 Å². The van der Waals surface area contributed by atoms with Crippen LogP contribution in [-0.4, -0.2) is 54.5 Å². The monoisotopic (exact) mass is 392 g/mol. The second kappa shape index (κ2) is 7.43. The van der Waals surface area contributed by atoms with Gasteiger partial charge in [0, 0.05) is 31.0 Å². The quantitative estimate of drug-likeness (QED) is 0.777. The van der Waals surface area contributed by atoms with Gasteiger partial charge >= 0.3 is 0 Å². The Hall–Kier alpha value is -2.02. The van der Waals surface area contributed by atoms with Crippen molar-refractivity contribution in [3.63, 3.8) is 0 Å². The molecule has 1 spiro atoms. The summed E-state index contributed by atoms with van der Waals surface area (Å²) in [7, 11) is 0. The van der Waals surface area contributed by atoms with E-state index >= 15 is 0 Å². The smallest absolute Gasteiger partial charge is 0.253 e. The molecule has 0 N–H and O–H groups in total. The van der Waals surface area contributed by atoms with Gasteiger partial charge in [-0.1, -0.05) is 18.2 Å². The normalized spacial score (nSPS) is 28.6. The van der Waals surface area contributed by atoms with Gasteiger partial charge in [-0.2, -0.15) is 0 Å². The van der Waals surface area contributed by atoms with Crippen LogP contribution in [0.2, 0.25) is 0 Å². The number of rotatable bonds is 2. The number of ether oxygens (including phenoxy) is 1. The lowest BCUT2D eigenvalue weighted by Crippen LogP contribution is -2.62. The molecule has 1 unspecified atom stereocenters. The van der Waals surface area contributed by atoms with E-state index in [1.54, 1.807) is 9.80 Å². The number of anilines is 1. The van der Waals surface area contributed by atoms with Crippen LogP contribution in [0.3, 0.4) is 0 Å². The van der Waals surface area contributed by atoms with Crippen molar-refractivity contribution in [3.05, 3.63) is 30.3 Å². The summed E-state index contributed by atoms with van der Waals surface area (Å²) in [5, 5.41) is 0. The highest BCUT2D eigenvalue weighted by Crippen LogP contribution is 2.38. The summed E-state index contributed by atoms with van der Waals surface area (Å²) < 4.78 is 32.8. The first-order valence-electron chi connectivity index (χ1n) is 10.0. The summed E-state index contributed by atoms with van der Waals surface area (Å²) in [6.45, 7) is 1.43. The summed E-state index contributed by atoms with van der Waals surface area (Å²) >= 11 is 0. The average Bonchev–Trinajstić information content (AvgIpc) is 2.70. The van der Waals surface area contributed by atoms with Gasteiger partial charge in [0.05, 0.1) is 13.1 Å². The van der Waals surface area contributed by atoms with Crippen molar-refractivity contribution in [2.45, 2.75) is 50.0 Å². The lowest BCUT2D eigenvalue weighted by molar-refractivity contribution is -0.157. The third-order valence-corrected chi connectivity index (χ3v) is 6.23. The molecule has 0 radical (unpaired) electrons. The molecule has 1 aromatic rings. The molecule has 1 saturated carbocycles. The Morgan fingerprint density at radius 2 is 1.79 bits per heavy atom. The van der Waals surface area contributed by atoms with Crippen molar-refractivity contribution < 1.29 is 23.1 Å². The number of carbonyl (C=O) groups excluding carboxylic acids is 2. The lowest BCUT2D eigenvalue weighted by atomic mass is 9.84. The molecule has 1 atom stereocenters. The third kappa shape index (κ3) is 3.90. The van der Waals surface area contributed by atoms with Crippen LogP contribution < -0.4 is 4.90 Å². The fraction of sp³-hybridized carbons (Fsp3) is 0.619. The van der Waals surface area contributed by atoms with Crippen LogP contribution in [0.4, 0.5) is 14.5 Å². The van der Waals surface area contributed by atoms with Gasteiger partial charge in [-0.15, -0.1) is 0 Å². The fourth-order valence-electron chi connectivity index (χ4n) is 4.64. The van der Waals surface area contributed by atoms with E-state index in [-0.39, 0.29) is 50.0 Å². The number of para-hydroxylation sites is 1. The highest BCUT2D eigenvalue weighted by atomic mass is 19.3. The second-order valence-electron chi connectivity index (χ2n) is 8.28. The number of amides is 2. The van der Waals surface area contributed by atoms with Gasteiger partial charge in [0.25, 0.3) is 5.91 Å². The van der Waals surface area contributed by atoms with E-state index < -0.39 is 11.5 Å². The van der Waals surface area contributed by atoms with E-state index in [2.05, 4.69) is 0 Å². The number of hydrogen-bond donors (Lipinski definition) is 0. The van der Waals surface area contributed by atoms with Crippen molar-refractivity contribution in [2.75, 3.05) is 31.1 Å². The predicted octanol–water partition coefficient (Wildman–Crippen LogP) is 3.24. The van der Waals surface area contributed by atoms with Crippen molar-refractivity contribution in [1.82, 2.24) is 4.90 Å². The second-order valence-corrected chi connectivity index (χ2v) is 8.28. The van der Waals surface area contributed by atoms with Crippen molar-refractivity contribution in [3.8, 4) is 0 Å². The molecule has 3 fully saturated rings. The largest absolute Gasteiger partial charge is 0.361 e. The minimum absolute atomic E-state index is 0.00737. The van der Waals surface area contributed by atoms with Crippen molar-refractivity contribution in [1.29, 1.82) is 0 Å². The molecule has 2 amide bonds. The maximum atomic E-state index is 13.4. The van der Waals surface area contributed by atoms with Gasteiger partial charge < -0.3 is 14.5 Å². The van der Waals surface area contributed by atoms with E-state index in [0.29, 0.717) is 19.6 Å². The number of halogens is 2. The van der Waals surface area contributed by atoms with Gasteiger partial charge in [-0.3, -0.25) is 9.59 Å². The maximum Gasteiger partial charge on any atom is 0.253 e. The van der Waals surface area contributed by atoms with Crippen molar-refractivity contribution >= 4 is 17.5 Å². The SMILES string of the molecule is O=C(C1CCC(F)(F)CC1)N1CCCC2(C1)CN(c1ccccc1)C(=O)CO2. The number of likely N-dealkylation sites (tertiary alicyclic amines) is 1. The third-order valence-electron chi connectivity index (χ3n) is 6.23. The summed E-state index contributed by atoms with van der Waals surface area (Å²) in [6, 6.07) is 9.47. The maximum absolute atomic E-state index is 13.4.